The third-order valence-corrected chi connectivity index (χ3v) is 3.60. The Bertz CT molecular complexity index is 462. The highest BCUT2D eigenvalue weighted by Gasteiger charge is 2.40. The highest BCUT2D eigenvalue weighted by molar-refractivity contribution is 5.38. The van der Waals surface area contributed by atoms with Crippen molar-refractivity contribution < 1.29 is 22.6 Å². The number of alkyl halides is 3. The van der Waals surface area contributed by atoms with Crippen LogP contribution >= 0.6 is 0 Å². The van der Waals surface area contributed by atoms with Crippen LogP contribution in [0.1, 0.15) is 18.5 Å². The number of aromatic nitrogens is 2. The Labute approximate surface area is 113 Å². The fourth-order valence-electron chi connectivity index (χ4n) is 2.51. The predicted octanol–water partition coefficient (Wildman–Crippen LogP) is 1.84. The van der Waals surface area contributed by atoms with Gasteiger partial charge in [0.15, 0.2) is 17.3 Å². The summed E-state index contributed by atoms with van der Waals surface area (Å²) in [5.74, 6) is -0.0543. The summed E-state index contributed by atoms with van der Waals surface area (Å²) in [5.41, 5.74) is -0.975. The summed E-state index contributed by atoms with van der Waals surface area (Å²) >= 11 is 0. The summed E-state index contributed by atoms with van der Waals surface area (Å²) in [6.07, 6.45) is -3.10. The van der Waals surface area contributed by atoms with Crippen LogP contribution in [0, 0.1) is 0 Å². The van der Waals surface area contributed by atoms with Crippen molar-refractivity contribution in [3.8, 4) is 0 Å². The van der Waals surface area contributed by atoms with Crippen molar-refractivity contribution in [2.45, 2.75) is 24.8 Å². The average Bonchev–Trinajstić information content (AvgIpc) is 2.87. The quantitative estimate of drug-likeness (QED) is 0.789. The molecular formula is C12H14F3N3O2. The number of hydrogen-bond donors (Lipinski definition) is 0. The van der Waals surface area contributed by atoms with Crippen LogP contribution in [0.5, 0.6) is 0 Å². The van der Waals surface area contributed by atoms with E-state index in [2.05, 4.69) is 10.2 Å². The maximum Gasteiger partial charge on any atom is 0.435 e. The van der Waals surface area contributed by atoms with Gasteiger partial charge in [-0.15, -0.1) is 10.2 Å². The molecule has 2 aliphatic heterocycles. The van der Waals surface area contributed by atoms with Gasteiger partial charge in [0.1, 0.15) is 0 Å². The first kappa shape index (κ1) is 13.6. The smallest absolute Gasteiger partial charge is 0.355 e. The normalized spacial score (nSPS) is 22.4. The van der Waals surface area contributed by atoms with Crippen molar-refractivity contribution >= 4 is 5.82 Å². The van der Waals surface area contributed by atoms with Gasteiger partial charge in [-0.3, -0.25) is 0 Å². The minimum Gasteiger partial charge on any atom is -0.355 e. The third-order valence-electron chi connectivity index (χ3n) is 3.60. The van der Waals surface area contributed by atoms with E-state index < -0.39 is 17.7 Å². The molecule has 3 rings (SSSR count). The molecule has 0 aliphatic carbocycles. The van der Waals surface area contributed by atoms with Gasteiger partial charge in [0.05, 0.1) is 13.2 Å². The summed E-state index contributed by atoms with van der Waals surface area (Å²) in [6, 6.07) is 2.31. The number of piperidine rings is 1. The van der Waals surface area contributed by atoms with Crippen LogP contribution in [0.2, 0.25) is 0 Å². The molecule has 3 heterocycles. The summed E-state index contributed by atoms with van der Waals surface area (Å²) in [6.45, 7) is 2.44. The van der Waals surface area contributed by atoms with Crippen molar-refractivity contribution in [1.82, 2.24) is 10.2 Å². The maximum absolute atomic E-state index is 12.4. The summed E-state index contributed by atoms with van der Waals surface area (Å²) < 4.78 is 48.4. The molecule has 0 saturated carbocycles. The molecule has 0 atom stereocenters. The average molecular weight is 289 g/mol. The van der Waals surface area contributed by atoms with Crippen molar-refractivity contribution in [3.05, 3.63) is 17.8 Å². The van der Waals surface area contributed by atoms with Crippen molar-refractivity contribution in [2.75, 3.05) is 31.2 Å². The van der Waals surface area contributed by atoms with Crippen molar-refractivity contribution in [1.29, 1.82) is 0 Å². The highest BCUT2D eigenvalue weighted by atomic mass is 19.4. The molecule has 1 spiro atoms. The SMILES string of the molecule is FC(F)(F)c1ccc(N2CCC3(CC2)OCCO3)nn1. The zero-order valence-electron chi connectivity index (χ0n) is 10.7. The monoisotopic (exact) mass is 289 g/mol. The van der Waals surface area contributed by atoms with Crippen molar-refractivity contribution in [2.24, 2.45) is 0 Å². The van der Waals surface area contributed by atoms with Crippen molar-refractivity contribution in [3.63, 3.8) is 0 Å². The lowest BCUT2D eigenvalue weighted by Crippen LogP contribution is -2.45. The molecule has 0 aromatic carbocycles. The van der Waals surface area contributed by atoms with Gasteiger partial charge in [0.2, 0.25) is 0 Å². The van der Waals surface area contributed by atoms with Gasteiger partial charge < -0.3 is 14.4 Å². The molecule has 0 unspecified atom stereocenters. The Morgan fingerprint density at radius 1 is 1.05 bits per heavy atom. The number of hydrogen-bond acceptors (Lipinski definition) is 5. The Hall–Kier alpha value is -1.41. The van der Waals surface area contributed by atoms with Crippen LogP contribution in [-0.4, -0.2) is 42.3 Å². The molecular weight excluding hydrogens is 275 g/mol. The third kappa shape index (κ3) is 2.57. The molecule has 110 valence electrons. The van der Waals surface area contributed by atoms with Crippen LogP contribution in [0.4, 0.5) is 19.0 Å². The second-order valence-electron chi connectivity index (χ2n) is 4.87. The Morgan fingerprint density at radius 2 is 1.70 bits per heavy atom. The van der Waals surface area contributed by atoms with E-state index in [0.717, 1.165) is 6.07 Å². The second kappa shape index (κ2) is 4.85. The molecule has 0 amide bonds. The maximum atomic E-state index is 12.4. The van der Waals surface area contributed by atoms with Crippen LogP contribution in [-0.2, 0) is 15.7 Å². The lowest BCUT2D eigenvalue weighted by molar-refractivity contribution is -0.169. The van der Waals surface area contributed by atoms with Gasteiger partial charge in [0.25, 0.3) is 0 Å². The van der Waals surface area contributed by atoms with Gasteiger partial charge in [-0.05, 0) is 12.1 Å². The van der Waals surface area contributed by atoms with E-state index in [1.54, 1.807) is 0 Å². The van der Waals surface area contributed by atoms with Crippen LogP contribution in [0.25, 0.3) is 0 Å². The van der Waals surface area contributed by atoms with Gasteiger partial charge in [-0.2, -0.15) is 13.2 Å². The van der Waals surface area contributed by atoms with Crippen LogP contribution in [0.15, 0.2) is 12.1 Å². The molecule has 8 heteroatoms. The molecule has 2 fully saturated rings. The molecule has 1 aromatic rings. The fraction of sp³-hybridized carbons (Fsp3) is 0.667. The first-order valence-electron chi connectivity index (χ1n) is 6.42. The Kier molecular flexibility index (Phi) is 3.29. The number of halogens is 3. The van der Waals surface area contributed by atoms with E-state index in [1.807, 2.05) is 4.90 Å². The van der Waals surface area contributed by atoms with E-state index in [4.69, 9.17) is 9.47 Å². The molecule has 0 radical (unpaired) electrons. The topological polar surface area (TPSA) is 47.5 Å². The summed E-state index contributed by atoms with van der Waals surface area (Å²) in [4.78, 5) is 1.89. The zero-order valence-corrected chi connectivity index (χ0v) is 10.7. The summed E-state index contributed by atoms with van der Waals surface area (Å²) in [7, 11) is 0. The van der Waals surface area contributed by atoms with E-state index >= 15 is 0 Å². The van der Waals surface area contributed by atoms with Gasteiger partial charge in [-0.1, -0.05) is 0 Å². The van der Waals surface area contributed by atoms with Crippen LogP contribution in [0.3, 0.4) is 0 Å². The van der Waals surface area contributed by atoms with Crippen LogP contribution < -0.4 is 4.90 Å². The molecule has 1 aromatic heterocycles. The lowest BCUT2D eigenvalue weighted by atomic mass is 10.0. The standard InChI is InChI=1S/C12H14F3N3O2/c13-12(14,15)9-1-2-10(17-16-9)18-5-3-11(4-6-18)19-7-8-20-11/h1-2H,3-8H2. The molecule has 2 saturated heterocycles. The van der Waals surface area contributed by atoms with E-state index in [1.165, 1.54) is 6.07 Å². The minimum absolute atomic E-state index is 0.450. The Morgan fingerprint density at radius 3 is 2.20 bits per heavy atom. The van der Waals surface area contributed by atoms with Gasteiger partial charge >= 0.3 is 6.18 Å². The number of ether oxygens (including phenoxy) is 2. The molecule has 0 bridgehead atoms. The van der Waals surface area contributed by atoms with Gasteiger partial charge in [-0.25, -0.2) is 0 Å². The highest BCUT2D eigenvalue weighted by Crippen LogP contribution is 2.33. The second-order valence-corrected chi connectivity index (χ2v) is 4.87. The Balaban J connectivity index is 1.66. The number of anilines is 1. The largest absolute Gasteiger partial charge is 0.435 e. The molecule has 20 heavy (non-hydrogen) atoms. The zero-order chi connectivity index (χ0) is 14.2. The summed E-state index contributed by atoms with van der Waals surface area (Å²) in [5, 5.41) is 6.89. The first-order chi connectivity index (χ1) is 9.49. The van der Waals surface area contributed by atoms with Gasteiger partial charge in [0, 0.05) is 25.9 Å². The fourth-order valence-corrected chi connectivity index (χ4v) is 2.51. The number of nitrogens with zero attached hydrogens (tertiary/aromatic N) is 3. The van der Waals surface area contributed by atoms with E-state index in [0.29, 0.717) is 45.0 Å². The molecule has 5 nitrogen and oxygen atoms in total. The number of rotatable bonds is 1. The lowest BCUT2D eigenvalue weighted by Gasteiger charge is -2.37. The predicted molar refractivity (Wildman–Crippen MR) is 63.1 cm³/mol. The minimum atomic E-state index is -4.46. The van der Waals surface area contributed by atoms with E-state index in [9.17, 15) is 13.2 Å². The molecule has 0 N–H and O–H groups in total. The first-order valence-corrected chi connectivity index (χ1v) is 6.42. The van der Waals surface area contributed by atoms with E-state index in [-0.39, 0.29) is 0 Å². The molecule has 2 aliphatic rings.